The van der Waals surface area contributed by atoms with Gasteiger partial charge in [-0.3, -0.25) is 19.7 Å². The molecule has 6 nitrogen and oxygen atoms in total. The molecule has 0 unspecified atom stereocenters. The zero-order valence-electron chi connectivity index (χ0n) is 11.3. The highest BCUT2D eigenvalue weighted by molar-refractivity contribution is 8.14. The van der Waals surface area contributed by atoms with Crippen LogP contribution >= 0.6 is 23.5 Å². The predicted octanol–water partition coefficient (Wildman–Crippen LogP) is 1.11. The van der Waals surface area contributed by atoms with Gasteiger partial charge in [0.15, 0.2) is 0 Å². The van der Waals surface area contributed by atoms with Gasteiger partial charge in [0.2, 0.25) is 0 Å². The largest absolute Gasteiger partial charge is 0.506 e. The van der Waals surface area contributed by atoms with E-state index in [1.807, 2.05) is 11.9 Å². The number of nitrogens with zero attached hydrogens (tertiary/aromatic N) is 3. The summed E-state index contributed by atoms with van der Waals surface area (Å²) in [6.07, 6.45) is 1.63. The Hall–Kier alpha value is -1.25. The maximum Gasteiger partial charge on any atom is 0.321 e. The number of hydrogen-bond donors (Lipinski definition) is 2. The third kappa shape index (κ3) is 2.75. The summed E-state index contributed by atoms with van der Waals surface area (Å²) in [5, 5.41) is 19.8. The quantitative estimate of drug-likeness (QED) is 0.861. The van der Waals surface area contributed by atoms with Crippen LogP contribution in [0, 0.1) is 0 Å². The number of aromatic hydroxyl groups is 1. The molecule has 0 aliphatic carbocycles. The number of aromatic nitrogens is 1. The van der Waals surface area contributed by atoms with Crippen LogP contribution < -0.4 is 0 Å². The SMILES string of the molecule is CN1[C@@H](C(=O)O)CS[C@@H]1[C@H]1CSC(c2ncccc2O)=N1. The Balaban J connectivity index is 1.78. The molecule has 21 heavy (non-hydrogen) atoms. The summed E-state index contributed by atoms with van der Waals surface area (Å²) in [4.78, 5) is 21.9. The lowest BCUT2D eigenvalue weighted by atomic mass is 10.2. The van der Waals surface area contributed by atoms with Crippen LogP contribution in [-0.4, -0.2) is 67.1 Å². The van der Waals surface area contributed by atoms with Gasteiger partial charge in [-0.15, -0.1) is 23.5 Å². The number of likely N-dealkylation sites (N-methyl/N-ethyl adjacent to an activating group) is 1. The van der Waals surface area contributed by atoms with E-state index in [1.54, 1.807) is 41.9 Å². The van der Waals surface area contributed by atoms with Gasteiger partial charge in [0.1, 0.15) is 22.5 Å². The van der Waals surface area contributed by atoms with E-state index in [4.69, 9.17) is 0 Å². The zero-order chi connectivity index (χ0) is 15.0. The molecular formula is C13H15N3O3S2. The maximum atomic E-state index is 11.2. The fourth-order valence-corrected chi connectivity index (χ4v) is 5.19. The van der Waals surface area contributed by atoms with Crippen molar-refractivity contribution in [1.82, 2.24) is 9.88 Å². The van der Waals surface area contributed by atoms with Crippen molar-refractivity contribution in [1.29, 1.82) is 0 Å². The van der Waals surface area contributed by atoms with Gasteiger partial charge in [-0.2, -0.15) is 0 Å². The van der Waals surface area contributed by atoms with Gasteiger partial charge >= 0.3 is 5.97 Å². The van der Waals surface area contributed by atoms with E-state index in [-0.39, 0.29) is 17.2 Å². The number of carboxylic acids is 1. The molecule has 8 heteroatoms. The average molecular weight is 325 g/mol. The van der Waals surface area contributed by atoms with Crippen molar-refractivity contribution in [2.24, 2.45) is 4.99 Å². The van der Waals surface area contributed by atoms with Crippen LogP contribution in [0.2, 0.25) is 0 Å². The topological polar surface area (TPSA) is 86.0 Å². The lowest BCUT2D eigenvalue weighted by molar-refractivity contribution is -0.141. The molecule has 1 saturated heterocycles. The molecule has 0 aromatic carbocycles. The Morgan fingerprint density at radius 1 is 1.48 bits per heavy atom. The molecule has 0 amide bonds. The molecule has 112 valence electrons. The molecule has 0 radical (unpaired) electrons. The van der Waals surface area contributed by atoms with Crippen molar-refractivity contribution < 1.29 is 15.0 Å². The van der Waals surface area contributed by atoms with Gasteiger partial charge < -0.3 is 10.2 Å². The van der Waals surface area contributed by atoms with Crippen LogP contribution in [0.5, 0.6) is 5.75 Å². The number of rotatable bonds is 3. The number of pyridine rings is 1. The first-order valence-electron chi connectivity index (χ1n) is 6.49. The van der Waals surface area contributed by atoms with Crippen LogP contribution in [0.15, 0.2) is 23.3 Å². The Labute approximate surface area is 130 Å². The maximum absolute atomic E-state index is 11.2. The Kier molecular flexibility index (Phi) is 4.10. The van der Waals surface area contributed by atoms with E-state index in [9.17, 15) is 15.0 Å². The highest BCUT2D eigenvalue weighted by atomic mass is 32.2. The monoisotopic (exact) mass is 325 g/mol. The lowest BCUT2D eigenvalue weighted by Gasteiger charge is -2.24. The first kappa shape index (κ1) is 14.7. The highest BCUT2D eigenvalue weighted by Gasteiger charge is 2.41. The van der Waals surface area contributed by atoms with Gasteiger partial charge in [-0.25, -0.2) is 0 Å². The summed E-state index contributed by atoms with van der Waals surface area (Å²) in [5.74, 6) is 0.696. The van der Waals surface area contributed by atoms with E-state index in [2.05, 4.69) is 9.98 Å². The van der Waals surface area contributed by atoms with Gasteiger partial charge in [-0.1, -0.05) is 0 Å². The zero-order valence-corrected chi connectivity index (χ0v) is 13.0. The molecule has 2 N–H and O–H groups in total. The van der Waals surface area contributed by atoms with Crippen molar-refractivity contribution in [3.8, 4) is 5.75 Å². The Morgan fingerprint density at radius 3 is 2.95 bits per heavy atom. The third-order valence-corrected chi connectivity index (χ3v) is 6.17. The van der Waals surface area contributed by atoms with Gasteiger partial charge in [0.25, 0.3) is 0 Å². The second kappa shape index (κ2) is 5.86. The average Bonchev–Trinajstić information content (AvgIpc) is 3.05. The molecule has 3 atom stereocenters. The summed E-state index contributed by atoms with van der Waals surface area (Å²) in [6, 6.07) is 2.84. The van der Waals surface area contributed by atoms with Crippen molar-refractivity contribution >= 4 is 34.5 Å². The molecule has 0 bridgehead atoms. The van der Waals surface area contributed by atoms with E-state index in [0.717, 1.165) is 10.8 Å². The van der Waals surface area contributed by atoms with Crippen LogP contribution in [0.3, 0.4) is 0 Å². The van der Waals surface area contributed by atoms with Crippen LogP contribution in [-0.2, 0) is 4.79 Å². The first-order chi connectivity index (χ1) is 10.1. The second-order valence-corrected chi connectivity index (χ2v) is 7.09. The Bertz CT molecular complexity index is 596. The van der Waals surface area contributed by atoms with E-state index in [0.29, 0.717) is 11.4 Å². The summed E-state index contributed by atoms with van der Waals surface area (Å²) in [5.41, 5.74) is 0.505. The molecule has 1 aromatic rings. The predicted molar refractivity (Wildman–Crippen MR) is 84.1 cm³/mol. The first-order valence-corrected chi connectivity index (χ1v) is 8.52. The minimum absolute atomic E-state index is 0.0192. The lowest BCUT2D eigenvalue weighted by Crippen LogP contribution is -2.42. The number of carboxylic acid groups (broad SMARTS) is 1. The number of hydrogen-bond acceptors (Lipinski definition) is 7. The van der Waals surface area contributed by atoms with Crippen molar-refractivity contribution in [3.63, 3.8) is 0 Å². The smallest absolute Gasteiger partial charge is 0.321 e. The van der Waals surface area contributed by atoms with Gasteiger partial charge in [-0.05, 0) is 19.2 Å². The summed E-state index contributed by atoms with van der Waals surface area (Å²) < 4.78 is 0. The standard InChI is InChI=1S/C13H15N3O3S2/c1-16-8(13(18)19)6-21-12(16)7-5-20-11(15-7)10-9(17)3-2-4-14-10/h2-4,7-8,12,17H,5-6H2,1H3,(H,18,19)/t7-,8-,12-/m1/s1. The molecule has 3 heterocycles. The van der Waals surface area contributed by atoms with E-state index >= 15 is 0 Å². The molecule has 2 aliphatic heterocycles. The van der Waals surface area contributed by atoms with Gasteiger partial charge in [0.05, 0.1) is 11.4 Å². The summed E-state index contributed by atoms with van der Waals surface area (Å²) in [6.45, 7) is 0. The highest BCUT2D eigenvalue weighted by Crippen LogP contribution is 2.37. The molecule has 0 spiro atoms. The fraction of sp³-hybridized carbons (Fsp3) is 0.462. The second-order valence-electron chi connectivity index (χ2n) is 4.93. The minimum Gasteiger partial charge on any atom is -0.506 e. The summed E-state index contributed by atoms with van der Waals surface area (Å²) in [7, 11) is 1.83. The van der Waals surface area contributed by atoms with E-state index < -0.39 is 12.0 Å². The van der Waals surface area contributed by atoms with Crippen molar-refractivity contribution in [3.05, 3.63) is 24.0 Å². The van der Waals surface area contributed by atoms with E-state index in [1.165, 1.54) is 0 Å². The molecule has 3 rings (SSSR count). The normalized spacial score (nSPS) is 29.6. The number of thioether (sulfide) groups is 2. The fourth-order valence-electron chi connectivity index (χ4n) is 2.46. The van der Waals surface area contributed by atoms with Crippen LogP contribution in [0.25, 0.3) is 0 Å². The Morgan fingerprint density at radius 2 is 2.29 bits per heavy atom. The van der Waals surface area contributed by atoms with Crippen LogP contribution in [0.1, 0.15) is 5.69 Å². The number of carbonyl (C=O) groups is 1. The van der Waals surface area contributed by atoms with Gasteiger partial charge in [0, 0.05) is 17.7 Å². The number of aliphatic imine (C=N–C) groups is 1. The third-order valence-electron chi connectivity index (χ3n) is 3.59. The molecule has 1 aromatic heterocycles. The molecule has 1 fully saturated rings. The minimum atomic E-state index is -0.787. The van der Waals surface area contributed by atoms with Crippen LogP contribution in [0.4, 0.5) is 0 Å². The number of aliphatic carboxylic acids is 1. The molecular weight excluding hydrogens is 310 g/mol. The van der Waals surface area contributed by atoms with Crippen molar-refractivity contribution in [2.45, 2.75) is 17.5 Å². The molecule has 2 aliphatic rings. The van der Waals surface area contributed by atoms with Crippen molar-refractivity contribution in [2.75, 3.05) is 18.6 Å². The summed E-state index contributed by atoms with van der Waals surface area (Å²) >= 11 is 3.18. The molecule has 0 saturated carbocycles.